The minimum Gasteiger partial charge on any atom is -0.482 e. The number of nitrogens with zero attached hydrogens (tertiary/aromatic N) is 1. The average molecular weight is 570 g/mol. The Labute approximate surface area is 225 Å². The molecule has 2 unspecified atom stereocenters. The lowest BCUT2D eigenvalue weighted by Gasteiger charge is -2.65. The van der Waals surface area contributed by atoms with Crippen LogP contribution in [-0.4, -0.2) is 51.9 Å². The molecular formula is C27H24F5NO5S. The minimum atomic E-state index is -2.33. The summed E-state index contributed by atoms with van der Waals surface area (Å²) < 4.78 is 85.4. The van der Waals surface area contributed by atoms with Crippen LogP contribution in [0.4, 0.5) is 22.0 Å². The molecule has 1 aromatic rings. The fraction of sp³-hybridized carbons (Fsp3) is 0.556. The first-order valence-corrected chi connectivity index (χ1v) is 13.5. The van der Waals surface area contributed by atoms with Gasteiger partial charge in [0.2, 0.25) is 34.8 Å². The van der Waals surface area contributed by atoms with E-state index in [4.69, 9.17) is 26.4 Å². The Morgan fingerprint density at radius 3 is 2.46 bits per heavy atom. The second-order valence-electron chi connectivity index (χ2n) is 11.5. The molecule has 0 radical (unpaired) electrons. The summed E-state index contributed by atoms with van der Waals surface area (Å²) in [6.07, 6.45) is 6.60. The fourth-order valence-electron chi connectivity index (χ4n) is 7.81. The van der Waals surface area contributed by atoms with Crippen molar-refractivity contribution >= 4 is 23.2 Å². The van der Waals surface area contributed by atoms with Gasteiger partial charge in [-0.15, -0.1) is 0 Å². The van der Waals surface area contributed by atoms with Crippen molar-refractivity contribution in [1.29, 1.82) is 0 Å². The number of hydrogen-bond acceptors (Lipinski definition) is 7. The number of Topliss-reactive ketones (excluding diaryl/α,β-unsaturated/α-hetero) is 1. The van der Waals surface area contributed by atoms with Crippen LogP contribution >= 0.6 is 12.2 Å². The zero-order valence-corrected chi connectivity index (χ0v) is 21.3. The summed E-state index contributed by atoms with van der Waals surface area (Å²) in [6, 6.07) is -0.127. The van der Waals surface area contributed by atoms with E-state index in [2.05, 4.69) is 4.90 Å². The molecule has 6 atom stereocenters. The summed E-state index contributed by atoms with van der Waals surface area (Å²) in [5.74, 6) is -12.3. The zero-order valence-electron chi connectivity index (χ0n) is 20.5. The van der Waals surface area contributed by atoms with Gasteiger partial charge in [-0.3, -0.25) is 9.69 Å². The summed E-state index contributed by atoms with van der Waals surface area (Å²) in [7, 11) is 0. The van der Waals surface area contributed by atoms with Crippen LogP contribution in [0.1, 0.15) is 38.5 Å². The smallest absolute Gasteiger partial charge is 0.363 e. The van der Waals surface area contributed by atoms with Gasteiger partial charge in [-0.2, -0.15) is 8.78 Å². The van der Waals surface area contributed by atoms with Crippen molar-refractivity contribution in [2.45, 2.75) is 56.3 Å². The zero-order chi connectivity index (χ0) is 27.4. The highest BCUT2D eigenvalue weighted by Crippen LogP contribution is 2.69. The van der Waals surface area contributed by atoms with Gasteiger partial charge in [0.1, 0.15) is 5.76 Å². The van der Waals surface area contributed by atoms with Crippen LogP contribution in [0.5, 0.6) is 5.75 Å². The van der Waals surface area contributed by atoms with E-state index in [-0.39, 0.29) is 35.7 Å². The highest BCUT2D eigenvalue weighted by Gasteiger charge is 2.77. The van der Waals surface area contributed by atoms with Gasteiger partial charge >= 0.3 is 5.24 Å². The molecule has 39 heavy (non-hydrogen) atoms. The number of piperidine rings is 1. The lowest BCUT2D eigenvalue weighted by atomic mass is 9.44. The number of ketones is 1. The monoisotopic (exact) mass is 569 g/mol. The lowest BCUT2D eigenvalue weighted by Crippen LogP contribution is -2.76. The molecule has 0 aromatic heterocycles. The number of ether oxygens (including phenoxy) is 3. The molecule has 1 spiro atoms. The van der Waals surface area contributed by atoms with Gasteiger partial charge in [-0.05, 0) is 56.6 Å². The predicted molar refractivity (Wildman–Crippen MR) is 128 cm³/mol. The normalized spacial score (nSPS) is 36.5. The van der Waals surface area contributed by atoms with E-state index >= 15 is 0 Å². The van der Waals surface area contributed by atoms with E-state index in [9.17, 15) is 31.9 Å². The number of halogens is 5. The Bertz CT molecular complexity index is 1350. The number of likely N-dealkylation sites (tertiary alicyclic amines) is 1. The highest BCUT2D eigenvalue weighted by molar-refractivity contribution is 7.79. The van der Waals surface area contributed by atoms with Crippen LogP contribution in [0.2, 0.25) is 0 Å². The van der Waals surface area contributed by atoms with Crippen LogP contribution in [0.25, 0.3) is 0 Å². The highest BCUT2D eigenvalue weighted by atomic mass is 32.1. The molecule has 6 aliphatic rings. The molecule has 5 fully saturated rings. The molecule has 208 valence electrons. The first kappa shape index (κ1) is 25.4. The summed E-state index contributed by atoms with van der Waals surface area (Å²) in [5, 5.41) is 11.4. The molecule has 2 bridgehead atoms. The maximum Gasteiger partial charge on any atom is 0.363 e. The number of thiocarbonyl (C=S) groups is 1. The largest absolute Gasteiger partial charge is 0.482 e. The van der Waals surface area contributed by atoms with Crippen molar-refractivity contribution in [3.8, 4) is 5.75 Å². The van der Waals surface area contributed by atoms with Crippen molar-refractivity contribution in [3.05, 3.63) is 52.8 Å². The molecule has 2 saturated heterocycles. The van der Waals surface area contributed by atoms with E-state index in [1.54, 1.807) is 6.08 Å². The minimum absolute atomic E-state index is 0.00269. The number of benzene rings is 1. The fourth-order valence-corrected chi connectivity index (χ4v) is 7.98. The van der Waals surface area contributed by atoms with Gasteiger partial charge in [0.15, 0.2) is 17.6 Å². The number of carbonyl (C=O) groups is 1. The molecule has 6 nitrogen and oxygen atoms in total. The molecule has 12 heteroatoms. The molecule has 1 N–H and O–H groups in total. The first-order chi connectivity index (χ1) is 18.6. The average Bonchev–Trinajstić information content (AvgIpc) is 3.65. The van der Waals surface area contributed by atoms with Gasteiger partial charge in [0.05, 0.1) is 11.0 Å². The summed E-state index contributed by atoms with van der Waals surface area (Å²) in [4.78, 5) is 15.5. The third-order valence-electron chi connectivity index (χ3n) is 9.60. The Morgan fingerprint density at radius 1 is 1.08 bits per heavy atom. The van der Waals surface area contributed by atoms with Gasteiger partial charge in [0, 0.05) is 37.1 Å². The molecule has 3 saturated carbocycles. The standard InChI is InChI=1S/C27H24F5NO5S/c28-17-18(29)20(31)23(21(32)19(17)30)38-25(39)36-14-4-3-12-9-15-27(35)6-5-13(34)24-26(27,16(12)22(14)37-24)7-8-33(15)10-11-1-2-11/h3-4,11-12,15-16,24,35H,1-2,5-10H2/t12?,15-,16?,24+,26+,27-/m1/s1. The van der Waals surface area contributed by atoms with E-state index < -0.39 is 63.1 Å². The molecule has 2 heterocycles. The van der Waals surface area contributed by atoms with Crippen LogP contribution in [0, 0.1) is 52.3 Å². The van der Waals surface area contributed by atoms with Crippen LogP contribution in [0.3, 0.4) is 0 Å². The Kier molecular flexibility index (Phi) is 5.51. The van der Waals surface area contributed by atoms with Gasteiger partial charge in [0.25, 0.3) is 0 Å². The first-order valence-electron chi connectivity index (χ1n) is 13.1. The van der Waals surface area contributed by atoms with Gasteiger partial charge in [-0.25, -0.2) is 13.2 Å². The predicted octanol–water partition coefficient (Wildman–Crippen LogP) is 4.44. The Morgan fingerprint density at radius 2 is 1.77 bits per heavy atom. The second-order valence-corrected chi connectivity index (χ2v) is 11.8. The molecule has 2 aliphatic heterocycles. The maximum absolute atomic E-state index is 14.1. The molecule has 4 aliphatic carbocycles. The lowest BCUT2D eigenvalue weighted by molar-refractivity contribution is -0.244. The van der Waals surface area contributed by atoms with Crippen molar-refractivity contribution < 1.29 is 46.1 Å². The van der Waals surface area contributed by atoms with Gasteiger partial charge in [-0.1, -0.05) is 6.08 Å². The number of carbonyl (C=O) groups excluding carboxylic acids is 1. The van der Waals surface area contributed by atoms with E-state index in [0.29, 0.717) is 25.2 Å². The molecular weight excluding hydrogens is 545 g/mol. The van der Waals surface area contributed by atoms with Crippen molar-refractivity contribution in [2.75, 3.05) is 13.1 Å². The third-order valence-corrected chi connectivity index (χ3v) is 9.77. The number of aliphatic hydroxyl groups is 1. The number of hydrogen-bond donors (Lipinski definition) is 1. The third kappa shape index (κ3) is 3.37. The second kappa shape index (κ2) is 8.47. The van der Waals surface area contributed by atoms with Crippen molar-refractivity contribution in [2.24, 2.45) is 23.2 Å². The number of rotatable bonds is 4. The summed E-state index contributed by atoms with van der Waals surface area (Å²) in [5.41, 5.74) is -2.04. The van der Waals surface area contributed by atoms with Crippen molar-refractivity contribution in [1.82, 2.24) is 4.90 Å². The van der Waals surface area contributed by atoms with Crippen molar-refractivity contribution in [3.63, 3.8) is 0 Å². The van der Waals surface area contributed by atoms with E-state index in [0.717, 1.165) is 13.1 Å². The van der Waals surface area contributed by atoms with Crippen LogP contribution in [0.15, 0.2) is 23.7 Å². The quantitative estimate of drug-likeness (QED) is 0.249. The summed E-state index contributed by atoms with van der Waals surface area (Å²) in [6.45, 7) is 1.64. The molecule has 0 amide bonds. The van der Waals surface area contributed by atoms with E-state index in [1.807, 2.05) is 6.08 Å². The maximum atomic E-state index is 14.1. The van der Waals surface area contributed by atoms with Gasteiger partial charge < -0.3 is 19.3 Å². The van der Waals surface area contributed by atoms with Crippen LogP contribution in [-0.2, 0) is 14.3 Å². The topological polar surface area (TPSA) is 68.2 Å². The summed E-state index contributed by atoms with van der Waals surface area (Å²) >= 11 is 4.94. The number of allylic oxidation sites excluding steroid dienone is 3. The van der Waals surface area contributed by atoms with E-state index in [1.165, 1.54) is 12.8 Å². The van der Waals surface area contributed by atoms with Crippen LogP contribution < -0.4 is 4.74 Å². The Balaban J connectivity index is 1.22. The SMILES string of the molecule is O=C1CC[C@@]2(O)[C@H]3CC4C=CC(OC(=S)Oc5c(F)c(F)c(F)c(F)c5F)=C5O[C@@H]1[C@]2(CCN3CC1CC1)C54. The molecule has 7 rings (SSSR count). The molecule has 1 aromatic carbocycles. The Hall–Kier alpha value is -2.57.